The monoisotopic (exact) mass is 257 g/mol. The molecule has 102 valence electrons. The van der Waals surface area contributed by atoms with Crippen molar-refractivity contribution in [2.45, 2.75) is 44.6 Å². The Kier molecular flexibility index (Phi) is 5.44. The highest BCUT2D eigenvalue weighted by molar-refractivity contribution is 5.37. The van der Waals surface area contributed by atoms with Crippen LogP contribution >= 0.6 is 0 Å². The maximum Gasteiger partial charge on any atom is 0.0677 e. The van der Waals surface area contributed by atoms with E-state index in [4.69, 9.17) is 5.73 Å². The number of aliphatic hydroxyl groups excluding tert-OH is 1. The molecule has 0 spiro atoms. The molecule has 2 atom stereocenters. The normalized spacial score (nSPS) is 22.6. The SMILES string of the molecule is NCCCc1cccc(C#CC2CCCCC2O)c1. The number of hydrogen-bond acceptors (Lipinski definition) is 2. The second kappa shape index (κ2) is 7.33. The maximum atomic E-state index is 9.90. The van der Waals surface area contributed by atoms with Gasteiger partial charge in [0.25, 0.3) is 0 Å². The van der Waals surface area contributed by atoms with Crippen LogP contribution in [-0.2, 0) is 6.42 Å². The zero-order chi connectivity index (χ0) is 13.5. The molecule has 1 aliphatic carbocycles. The van der Waals surface area contributed by atoms with Gasteiger partial charge in [-0.2, -0.15) is 0 Å². The molecule has 1 aliphatic rings. The first-order chi connectivity index (χ1) is 9.29. The largest absolute Gasteiger partial charge is 0.392 e. The summed E-state index contributed by atoms with van der Waals surface area (Å²) < 4.78 is 0. The molecule has 0 saturated heterocycles. The molecule has 0 aromatic heterocycles. The minimum absolute atomic E-state index is 0.154. The van der Waals surface area contributed by atoms with Crippen LogP contribution in [0.1, 0.15) is 43.2 Å². The van der Waals surface area contributed by atoms with Crippen molar-refractivity contribution in [3.63, 3.8) is 0 Å². The summed E-state index contributed by atoms with van der Waals surface area (Å²) in [5, 5.41) is 9.90. The number of aryl methyl sites for hydroxylation is 1. The summed E-state index contributed by atoms with van der Waals surface area (Å²) in [6.45, 7) is 0.726. The topological polar surface area (TPSA) is 46.2 Å². The molecule has 1 aromatic carbocycles. The van der Waals surface area contributed by atoms with Crippen LogP contribution in [-0.4, -0.2) is 17.8 Å². The second-order valence-electron chi connectivity index (χ2n) is 5.32. The van der Waals surface area contributed by atoms with Gasteiger partial charge < -0.3 is 10.8 Å². The molecule has 1 aromatic rings. The lowest BCUT2D eigenvalue weighted by molar-refractivity contribution is 0.0970. The molecule has 0 radical (unpaired) electrons. The summed E-state index contributed by atoms with van der Waals surface area (Å²) in [7, 11) is 0. The molecule has 2 rings (SSSR count). The quantitative estimate of drug-likeness (QED) is 0.817. The van der Waals surface area contributed by atoms with Crippen molar-refractivity contribution in [3.05, 3.63) is 35.4 Å². The Hall–Kier alpha value is -1.30. The zero-order valence-electron chi connectivity index (χ0n) is 11.4. The Morgan fingerprint density at radius 1 is 1.26 bits per heavy atom. The van der Waals surface area contributed by atoms with Crippen LogP contribution in [0.5, 0.6) is 0 Å². The van der Waals surface area contributed by atoms with E-state index in [1.165, 1.54) is 12.0 Å². The van der Waals surface area contributed by atoms with E-state index in [0.29, 0.717) is 0 Å². The van der Waals surface area contributed by atoms with Crippen molar-refractivity contribution in [3.8, 4) is 11.8 Å². The molecule has 0 amide bonds. The lowest BCUT2D eigenvalue weighted by atomic mass is 9.87. The van der Waals surface area contributed by atoms with E-state index >= 15 is 0 Å². The van der Waals surface area contributed by atoms with Gasteiger partial charge >= 0.3 is 0 Å². The Morgan fingerprint density at radius 3 is 2.89 bits per heavy atom. The maximum absolute atomic E-state index is 9.90. The van der Waals surface area contributed by atoms with Crippen molar-refractivity contribution in [2.24, 2.45) is 11.7 Å². The number of aliphatic hydroxyl groups is 1. The Labute approximate surface area is 116 Å². The summed E-state index contributed by atoms with van der Waals surface area (Å²) in [6, 6.07) is 8.34. The first-order valence-corrected chi connectivity index (χ1v) is 7.28. The third kappa shape index (κ3) is 4.38. The molecule has 0 heterocycles. The average Bonchev–Trinajstić information content (AvgIpc) is 2.45. The van der Waals surface area contributed by atoms with Gasteiger partial charge in [0.1, 0.15) is 0 Å². The van der Waals surface area contributed by atoms with E-state index in [1.807, 2.05) is 12.1 Å². The van der Waals surface area contributed by atoms with Crippen molar-refractivity contribution >= 4 is 0 Å². The Balaban J connectivity index is 2.02. The van der Waals surface area contributed by atoms with Crippen LogP contribution in [0.25, 0.3) is 0 Å². The molecule has 1 fully saturated rings. The highest BCUT2D eigenvalue weighted by Gasteiger charge is 2.20. The van der Waals surface area contributed by atoms with Crippen LogP contribution < -0.4 is 5.73 Å². The van der Waals surface area contributed by atoms with Gasteiger partial charge in [-0.3, -0.25) is 0 Å². The van der Waals surface area contributed by atoms with Crippen LogP contribution in [0, 0.1) is 17.8 Å². The lowest BCUT2D eigenvalue weighted by Crippen LogP contribution is -2.22. The average molecular weight is 257 g/mol. The molecular weight excluding hydrogens is 234 g/mol. The summed E-state index contributed by atoms with van der Waals surface area (Å²) in [5.41, 5.74) is 7.87. The van der Waals surface area contributed by atoms with E-state index < -0.39 is 0 Å². The van der Waals surface area contributed by atoms with E-state index in [9.17, 15) is 5.11 Å². The molecular formula is C17H23NO. The molecule has 2 nitrogen and oxygen atoms in total. The highest BCUT2D eigenvalue weighted by atomic mass is 16.3. The third-order valence-corrected chi connectivity index (χ3v) is 3.73. The first kappa shape index (κ1) is 14.1. The minimum atomic E-state index is -0.235. The van der Waals surface area contributed by atoms with Crippen molar-refractivity contribution in [2.75, 3.05) is 6.54 Å². The van der Waals surface area contributed by atoms with Crippen molar-refractivity contribution in [1.29, 1.82) is 0 Å². The number of hydrogen-bond donors (Lipinski definition) is 2. The molecule has 0 aliphatic heterocycles. The van der Waals surface area contributed by atoms with Crippen LogP contribution in [0.3, 0.4) is 0 Å². The molecule has 1 saturated carbocycles. The molecule has 19 heavy (non-hydrogen) atoms. The molecule has 2 heteroatoms. The van der Waals surface area contributed by atoms with Crippen LogP contribution in [0.2, 0.25) is 0 Å². The molecule has 3 N–H and O–H groups in total. The summed E-state index contributed by atoms with van der Waals surface area (Å²) >= 11 is 0. The van der Waals surface area contributed by atoms with Gasteiger partial charge in [-0.1, -0.05) is 36.8 Å². The minimum Gasteiger partial charge on any atom is -0.392 e. The van der Waals surface area contributed by atoms with E-state index in [2.05, 4.69) is 24.0 Å². The summed E-state index contributed by atoms with van der Waals surface area (Å²) in [4.78, 5) is 0. The van der Waals surface area contributed by atoms with Gasteiger partial charge in [-0.05, 0) is 49.9 Å². The zero-order valence-corrected chi connectivity index (χ0v) is 11.4. The van der Waals surface area contributed by atoms with Gasteiger partial charge in [-0.15, -0.1) is 0 Å². The standard InChI is InChI=1S/C17H23NO/c18-12-4-7-14-5-3-6-15(13-14)10-11-16-8-1-2-9-17(16)19/h3,5-6,13,16-17,19H,1-2,4,7-9,12,18H2. The molecule has 2 unspecified atom stereocenters. The van der Waals surface area contributed by atoms with Crippen molar-refractivity contribution < 1.29 is 5.11 Å². The Morgan fingerprint density at radius 2 is 2.11 bits per heavy atom. The number of rotatable bonds is 3. The molecule has 0 bridgehead atoms. The Bertz CT molecular complexity index is 458. The summed E-state index contributed by atoms with van der Waals surface area (Å²) in [6.07, 6.45) is 6.04. The van der Waals surface area contributed by atoms with Crippen LogP contribution in [0.4, 0.5) is 0 Å². The van der Waals surface area contributed by atoms with Gasteiger partial charge in [0, 0.05) is 11.5 Å². The smallest absolute Gasteiger partial charge is 0.0677 e. The fourth-order valence-electron chi connectivity index (χ4n) is 2.57. The third-order valence-electron chi connectivity index (χ3n) is 3.73. The predicted molar refractivity (Wildman–Crippen MR) is 78.7 cm³/mol. The van der Waals surface area contributed by atoms with E-state index in [0.717, 1.165) is 44.2 Å². The van der Waals surface area contributed by atoms with E-state index in [1.54, 1.807) is 0 Å². The van der Waals surface area contributed by atoms with Gasteiger partial charge in [0.2, 0.25) is 0 Å². The fourth-order valence-corrected chi connectivity index (χ4v) is 2.57. The first-order valence-electron chi connectivity index (χ1n) is 7.28. The predicted octanol–water partition coefficient (Wildman–Crippen LogP) is 2.48. The number of nitrogens with two attached hydrogens (primary N) is 1. The number of benzene rings is 1. The van der Waals surface area contributed by atoms with Gasteiger partial charge in [0.15, 0.2) is 0 Å². The van der Waals surface area contributed by atoms with Crippen molar-refractivity contribution in [1.82, 2.24) is 0 Å². The second-order valence-corrected chi connectivity index (χ2v) is 5.32. The van der Waals surface area contributed by atoms with Crippen LogP contribution in [0.15, 0.2) is 24.3 Å². The lowest BCUT2D eigenvalue weighted by Gasteiger charge is -2.22. The highest BCUT2D eigenvalue weighted by Crippen LogP contribution is 2.23. The fraction of sp³-hybridized carbons (Fsp3) is 0.529. The van der Waals surface area contributed by atoms with Gasteiger partial charge in [0.05, 0.1) is 6.10 Å². The van der Waals surface area contributed by atoms with E-state index in [-0.39, 0.29) is 12.0 Å². The summed E-state index contributed by atoms with van der Waals surface area (Å²) in [5.74, 6) is 6.62. The van der Waals surface area contributed by atoms with Gasteiger partial charge in [-0.25, -0.2) is 0 Å².